The normalized spacial score (nSPS) is 12.0. The molecular weight excluding hydrogens is 176 g/mol. The van der Waals surface area contributed by atoms with Crippen molar-refractivity contribution < 1.29 is 0 Å². The minimum Gasteiger partial charge on any atom is -0.303 e. The summed E-state index contributed by atoms with van der Waals surface area (Å²) in [7, 11) is 0. The molecule has 0 aliphatic rings. The van der Waals surface area contributed by atoms with Crippen molar-refractivity contribution >= 4 is 0 Å². The van der Waals surface area contributed by atoms with E-state index >= 15 is 0 Å². The summed E-state index contributed by atoms with van der Waals surface area (Å²) in [4.78, 5) is 11.9. The van der Waals surface area contributed by atoms with E-state index in [9.17, 15) is 4.79 Å². The molecule has 3 heteroatoms. The minimum atomic E-state index is -0.0644. The van der Waals surface area contributed by atoms with Crippen LogP contribution in [0.4, 0.5) is 0 Å². The summed E-state index contributed by atoms with van der Waals surface area (Å²) >= 11 is 0. The number of unbranched alkanes of at least 4 members (excludes halogenated alkanes) is 1. The minimum absolute atomic E-state index is 0.0644. The first-order valence-corrected chi connectivity index (χ1v) is 5.25. The van der Waals surface area contributed by atoms with Crippen molar-refractivity contribution in [2.75, 3.05) is 0 Å². The highest BCUT2D eigenvalue weighted by Crippen LogP contribution is 2.17. The molecule has 0 saturated heterocycles. The fourth-order valence-corrected chi connectivity index (χ4v) is 1.43. The van der Waals surface area contributed by atoms with Gasteiger partial charge in [-0.2, -0.15) is 0 Å². The fourth-order valence-electron chi connectivity index (χ4n) is 1.43. The number of aromatic nitrogens is 2. The van der Waals surface area contributed by atoms with Crippen molar-refractivity contribution in [1.82, 2.24) is 9.78 Å². The van der Waals surface area contributed by atoms with E-state index in [0.717, 1.165) is 24.9 Å². The Balaban J connectivity index is 2.92. The first-order chi connectivity index (χ1) is 6.46. The van der Waals surface area contributed by atoms with Crippen LogP contribution in [-0.4, -0.2) is 9.78 Å². The van der Waals surface area contributed by atoms with Gasteiger partial charge in [-0.25, -0.2) is 0 Å². The van der Waals surface area contributed by atoms with Gasteiger partial charge in [-0.3, -0.25) is 9.48 Å². The van der Waals surface area contributed by atoms with Crippen LogP contribution in [0.3, 0.4) is 0 Å². The molecule has 1 N–H and O–H groups in total. The van der Waals surface area contributed by atoms with Crippen molar-refractivity contribution in [3.8, 4) is 0 Å². The van der Waals surface area contributed by atoms with Gasteiger partial charge in [0, 0.05) is 18.3 Å². The molecule has 0 atom stereocenters. The largest absolute Gasteiger partial charge is 0.303 e. The molecule has 0 spiro atoms. The molecule has 80 valence electrons. The van der Waals surface area contributed by atoms with E-state index < -0.39 is 0 Å². The van der Waals surface area contributed by atoms with E-state index in [1.165, 1.54) is 0 Å². The molecule has 0 fully saturated rings. The zero-order valence-electron chi connectivity index (χ0n) is 9.55. The van der Waals surface area contributed by atoms with Gasteiger partial charge < -0.3 is 5.10 Å². The van der Waals surface area contributed by atoms with Crippen molar-refractivity contribution in [3.05, 3.63) is 22.1 Å². The Kier molecular flexibility index (Phi) is 3.19. The lowest BCUT2D eigenvalue weighted by atomic mass is 9.89. The summed E-state index contributed by atoms with van der Waals surface area (Å²) in [6.07, 6.45) is 3.98. The van der Waals surface area contributed by atoms with Crippen LogP contribution in [0.5, 0.6) is 0 Å². The lowest BCUT2D eigenvalue weighted by Gasteiger charge is -2.14. The zero-order valence-corrected chi connectivity index (χ0v) is 9.55. The Morgan fingerprint density at radius 2 is 2.07 bits per heavy atom. The molecule has 1 heterocycles. The van der Waals surface area contributed by atoms with Crippen LogP contribution >= 0.6 is 0 Å². The first-order valence-electron chi connectivity index (χ1n) is 5.25. The number of aromatic amines is 1. The third-order valence-corrected chi connectivity index (χ3v) is 2.38. The summed E-state index contributed by atoms with van der Waals surface area (Å²) in [6, 6.07) is 0. The van der Waals surface area contributed by atoms with Crippen molar-refractivity contribution in [1.29, 1.82) is 0 Å². The smallest absolute Gasteiger partial charge is 0.270 e. The van der Waals surface area contributed by atoms with E-state index in [0.29, 0.717) is 0 Å². The molecule has 1 aromatic heterocycles. The number of hydrogen-bond acceptors (Lipinski definition) is 1. The lowest BCUT2D eigenvalue weighted by Crippen LogP contribution is -2.25. The van der Waals surface area contributed by atoms with E-state index in [4.69, 9.17) is 0 Å². The number of aryl methyl sites for hydroxylation is 1. The van der Waals surface area contributed by atoms with Crippen molar-refractivity contribution in [2.45, 2.75) is 52.5 Å². The Morgan fingerprint density at radius 1 is 1.43 bits per heavy atom. The predicted molar refractivity (Wildman–Crippen MR) is 58.7 cm³/mol. The molecule has 14 heavy (non-hydrogen) atoms. The predicted octanol–water partition coefficient (Wildman–Crippen LogP) is 2.27. The summed E-state index contributed by atoms with van der Waals surface area (Å²) < 4.78 is 1.70. The van der Waals surface area contributed by atoms with Crippen molar-refractivity contribution in [2.24, 2.45) is 0 Å². The van der Waals surface area contributed by atoms with E-state index in [1.807, 2.05) is 6.20 Å². The summed E-state index contributed by atoms with van der Waals surface area (Å²) in [5, 5.41) is 3.02. The zero-order chi connectivity index (χ0) is 10.8. The highest BCUT2D eigenvalue weighted by molar-refractivity contribution is 5.15. The second-order valence-electron chi connectivity index (χ2n) is 4.75. The fraction of sp³-hybridized carbons (Fsp3) is 0.727. The van der Waals surface area contributed by atoms with E-state index in [-0.39, 0.29) is 11.0 Å². The number of rotatable bonds is 3. The van der Waals surface area contributed by atoms with Gasteiger partial charge in [0.15, 0.2) is 0 Å². The molecule has 1 rings (SSSR count). The third-order valence-electron chi connectivity index (χ3n) is 2.38. The topological polar surface area (TPSA) is 37.8 Å². The van der Waals surface area contributed by atoms with Gasteiger partial charge in [-0.15, -0.1) is 0 Å². The van der Waals surface area contributed by atoms with Gasteiger partial charge in [0.1, 0.15) is 0 Å². The standard InChI is InChI=1S/C11H20N2O/c1-5-6-7-13-10(14)9(8-12-13)11(2,3)4/h8,12H,5-7H2,1-4H3. The average Bonchev–Trinajstić information content (AvgIpc) is 2.42. The second kappa shape index (κ2) is 4.03. The number of nitrogens with zero attached hydrogens (tertiary/aromatic N) is 1. The maximum absolute atomic E-state index is 11.9. The van der Waals surface area contributed by atoms with Gasteiger partial charge in [-0.05, 0) is 11.8 Å². The Bertz CT molecular complexity index is 341. The Hall–Kier alpha value is -0.990. The number of H-pyrrole nitrogens is 1. The van der Waals surface area contributed by atoms with Gasteiger partial charge in [0.2, 0.25) is 0 Å². The van der Waals surface area contributed by atoms with Crippen LogP contribution in [-0.2, 0) is 12.0 Å². The monoisotopic (exact) mass is 196 g/mol. The maximum Gasteiger partial charge on any atom is 0.270 e. The Labute approximate surface area is 85.1 Å². The summed E-state index contributed by atoms with van der Waals surface area (Å²) in [5.74, 6) is 0. The molecule has 0 aliphatic carbocycles. The molecule has 0 radical (unpaired) electrons. The van der Waals surface area contributed by atoms with Crippen LogP contribution in [0.1, 0.15) is 46.1 Å². The molecule has 0 amide bonds. The van der Waals surface area contributed by atoms with Crippen LogP contribution < -0.4 is 5.56 Å². The van der Waals surface area contributed by atoms with Crippen LogP contribution in [0.25, 0.3) is 0 Å². The van der Waals surface area contributed by atoms with Crippen LogP contribution in [0.15, 0.2) is 11.0 Å². The molecule has 0 aromatic carbocycles. The molecule has 0 saturated carbocycles. The number of nitrogens with one attached hydrogen (secondary N) is 1. The first kappa shape index (κ1) is 11.1. The summed E-state index contributed by atoms with van der Waals surface area (Å²) in [6.45, 7) is 9.09. The molecule has 0 aliphatic heterocycles. The van der Waals surface area contributed by atoms with Gasteiger partial charge in [-0.1, -0.05) is 34.1 Å². The average molecular weight is 196 g/mol. The molecule has 0 bridgehead atoms. The van der Waals surface area contributed by atoms with E-state index in [1.54, 1.807) is 4.68 Å². The lowest BCUT2D eigenvalue weighted by molar-refractivity contribution is 0.544. The second-order valence-corrected chi connectivity index (χ2v) is 4.75. The van der Waals surface area contributed by atoms with Gasteiger partial charge >= 0.3 is 0 Å². The Morgan fingerprint density at radius 3 is 2.50 bits per heavy atom. The van der Waals surface area contributed by atoms with Gasteiger partial charge in [0.05, 0.1) is 0 Å². The highest BCUT2D eigenvalue weighted by atomic mass is 16.1. The van der Waals surface area contributed by atoms with Gasteiger partial charge in [0.25, 0.3) is 5.56 Å². The number of hydrogen-bond donors (Lipinski definition) is 1. The molecule has 1 aromatic rings. The van der Waals surface area contributed by atoms with E-state index in [2.05, 4.69) is 32.8 Å². The van der Waals surface area contributed by atoms with Crippen molar-refractivity contribution in [3.63, 3.8) is 0 Å². The SMILES string of the molecule is CCCCn1[nH]cc(C(C)(C)C)c1=O. The van der Waals surface area contributed by atoms with Crippen LogP contribution in [0.2, 0.25) is 0 Å². The molecule has 3 nitrogen and oxygen atoms in total. The van der Waals surface area contributed by atoms with Crippen LogP contribution in [0, 0.1) is 0 Å². The molecular formula is C11H20N2O. The quantitative estimate of drug-likeness (QED) is 0.791. The highest BCUT2D eigenvalue weighted by Gasteiger charge is 2.19. The molecule has 0 unspecified atom stereocenters. The summed E-state index contributed by atoms with van der Waals surface area (Å²) in [5.41, 5.74) is 0.935. The maximum atomic E-state index is 11.9. The third kappa shape index (κ3) is 2.28.